The Bertz CT molecular complexity index is 954. The molecule has 4 nitrogen and oxygen atoms in total. The van der Waals surface area contributed by atoms with E-state index in [1.807, 2.05) is 65.7 Å². The number of hydrogen-bond acceptors (Lipinski definition) is 2. The zero-order valence-electron chi connectivity index (χ0n) is 13.9. The highest BCUT2D eigenvalue weighted by Crippen LogP contribution is 2.32. The third-order valence-electron chi connectivity index (χ3n) is 5.08. The molecule has 1 amide bonds. The van der Waals surface area contributed by atoms with Crippen LogP contribution in [-0.2, 0) is 0 Å². The molecule has 25 heavy (non-hydrogen) atoms. The summed E-state index contributed by atoms with van der Waals surface area (Å²) in [7, 11) is 0. The molecule has 1 fully saturated rings. The fourth-order valence-electron chi connectivity index (χ4n) is 3.73. The van der Waals surface area contributed by atoms with Gasteiger partial charge in [0.2, 0.25) is 0 Å². The summed E-state index contributed by atoms with van der Waals surface area (Å²) >= 11 is 0. The lowest BCUT2D eigenvalue weighted by Crippen LogP contribution is -2.38. The van der Waals surface area contributed by atoms with E-state index in [0.717, 1.165) is 42.3 Å². The Morgan fingerprint density at radius 3 is 2.28 bits per heavy atom. The van der Waals surface area contributed by atoms with Crippen molar-refractivity contribution < 1.29 is 4.79 Å². The van der Waals surface area contributed by atoms with Gasteiger partial charge in [0, 0.05) is 30.2 Å². The van der Waals surface area contributed by atoms with Gasteiger partial charge in [-0.15, -0.1) is 0 Å². The highest BCUT2D eigenvalue weighted by atomic mass is 16.2. The number of aromatic amines is 1. The fourth-order valence-corrected chi connectivity index (χ4v) is 3.73. The van der Waals surface area contributed by atoms with Crippen LogP contribution in [0.5, 0.6) is 0 Å². The van der Waals surface area contributed by atoms with Crippen LogP contribution in [0.25, 0.3) is 10.8 Å². The second-order valence-electron chi connectivity index (χ2n) is 6.55. The van der Waals surface area contributed by atoms with E-state index in [1.54, 1.807) is 0 Å². The Kier molecular flexibility index (Phi) is 4.10. The van der Waals surface area contributed by atoms with Crippen LogP contribution in [0.4, 0.5) is 0 Å². The number of H-pyrrole nitrogens is 1. The Labute approximate surface area is 146 Å². The SMILES string of the molecule is O=C(c1ccccc1)N1CCC(c2c[nH]c(=O)c3ccccc23)CC1. The van der Waals surface area contributed by atoms with Crippen molar-refractivity contribution in [2.75, 3.05) is 13.1 Å². The first kappa shape index (κ1) is 15.6. The molecule has 0 atom stereocenters. The van der Waals surface area contributed by atoms with E-state index >= 15 is 0 Å². The summed E-state index contributed by atoms with van der Waals surface area (Å²) in [5, 5.41) is 1.77. The number of aromatic nitrogens is 1. The molecule has 1 N–H and O–H groups in total. The van der Waals surface area contributed by atoms with Gasteiger partial charge in [-0.3, -0.25) is 9.59 Å². The van der Waals surface area contributed by atoms with Gasteiger partial charge < -0.3 is 9.88 Å². The van der Waals surface area contributed by atoms with Crippen molar-refractivity contribution in [2.24, 2.45) is 0 Å². The lowest BCUT2D eigenvalue weighted by molar-refractivity contribution is 0.0713. The molecule has 1 aliphatic rings. The molecule has 0 unspecified atom stereocenters. The average Bonchev–Trinajstić information content (AvgIpc) is 2.69. The predicted molar refractivity (Wildman–Crippen MR) is 98.9 cm³/mol. The number of nitrogens with one attached hydrogen (secondary N) is 1. The molecule has 1 saturated heterocycles. The number of fused-ring (bicyclic) bond motifs is 1. The number of nitrogens with zero attached hydrogens (tertiary/aromatic N) is 1. The maximum absolute atomic E-state index is 12.6. The third kappa shape index (κ3) is 2.95. The standard InChI is InChI=1S/C21H20N2O2/c24-20-18-9-5-4-8-17(18)19(14-22-20)15-10-12-23(13-11-15)21(25)16-6-2-1-3-7-16/h1-9,14-15H,10-13H2,(H,22,24). The number of likely N-dealkylation sites (tertiary alicyclic amines) is 1. The Balaban J connectivity index is 1.54. The molecule has 0 bridgehead atoms. The van der Waals surface area contributed by atoms with E-state index in [-0.39, 0.29) is 11.5 Å². The van der Waals surface area contributed by atoms with Crippen LogP contribution in [0.2, 0.25) is 0 Å². The van der Waals surface area contributed by atoms with Crippen molar-refractivity contribution in [3.05, 3.63) is 82.3 Å². The van der Waals surface area contributed by atoms with Crippen LogP contribution in [0, 0.1) is 0 Å². The summed E-state index contributed by atoms with van der Waals surface area (Å²) in [6.07, 6.45) is 3.67. The van der Waals surface area contributed by atoms with E-state index in [2.05, 4.69) is 4.98 Å². The van der Waals surface area contributed by atoms with Gasteiger partial charge in [0.15, 0.2) is 0 Å². The highest BCUT2D eigenvalue weighted by Gasteiger charge is 2.25. The van der Waals surface area contributed by atoms with Gasteiger partial charge in [0.1, 0.15) is 0 Å². The van der Waals surface area contributed by atoms with Crippen LogP contribution < -0.4 is 5.56 Å². The molecule has 0 radical (unpaired) electrons. The second kappa shape index (κ2) is 6.55. The van der Waals surface area contributed by atoms with Crippen molar-refractivity contribution >= 4 is 16.7 Å². The molecule has 4 heteroatoms. The maximum atomic E-state index is 12.6. The van der Waals surface area contributed by atoms with E-state index in [4.69, 9.17) is 0 Å². The number of pyridine rings is 1. The van der Waals surface area contributed by atoms with Crippen LogP contribution >= 0.6 is 0 Å². The number of carbonyl (C=O) groups excluding carboxylic acids is 1. The number of rotatable bonds is 2. The van der Waals surface area contributed by atoms with Crippen LogP contribution in [0.15, 0.2) is 65.6 Å². The normalized spacial score (nSPS) is 15.4. The van der Waals surface area contributed by atoms with Gasteiger partial charge >= 0.3 is 0 Å². The fraction of sp³-hybridized carbons (Fsp3) is 0.238. The summed E-state index contributed by atoms with van der Waals surface area (Å²) in [4.78, 5) is 29.4. The van der Waals surface area contributed by atoms with E-state index in [9.17, 15) is 9.59 Å². The monoisotopic (exact) mass is 332 g/mol. The minimum atomic E-state index is -0.0453. The Morgan fingerprint density at radius 1 is 0.920 bits per heavy atom. The van der Waals surface area contributed by atoms with Crippen molar-refractivity contribution in [1.29, 1.82) is 0 Å². The molecule has 0 aliphatic carbocycles. The van der Waals surface area contributed by atoms with Gasteiger partial charge in [-0.05, 0) is 47.9 Å². The summed E-state index contributed by atoms with van der Waals surface area (Å²) in [5.74, 6) is 0.465. The number of hydrogen-bond donors (Lipinski definition) is 1. The first-order valence-corrected chi connectivity index (χ1v) is 8.68. The first-order valence-electron chi connectivity index (χ1n) is 8.68. The number of carbonyl (C=O) groups is 1. The molecular formula is C21H20N2O2. The zero-order chi connectivity index (χ0) is 17.2. The van der Waals surface area contributed by atoms with Gasteiger partial charge in [-0.25, -0.2) is 0 Å². The van der Waals surface area contributed by atoms with E-state index in [0.29, 0.717) is 5.92 Å². The molecule has 126 valence electrons. The van der Waals surface area contributed by atoms with Gasteiger partial charge in [0.05, 0.1) is 0 Å². The van der Waals surface area contributed by atoms with Crippen LogP contribution in [-0.4, -0.2) is 28.9 Å². The Hall–Kier alpha value is -2.88. The molecule has 0 saturated carbocycles. The van der Waals surface area contributed by atoms with Crippen LogP contribution in [0.1, 0.15) is 34.7 Å². The van der Waals surface area contributed by atoms with Crippen molar-refractivity contribution in [3.63, 3.8) is 0 Å². The lowest BCUT2D eigenvalue weighted by atomic mass is 9.87. The molecule has 2 heterocycles. The van der Waals surface area contributed by atoms with Gasteiger partial charge in [0.25, 0.3) is 11.5 Å². The van der Waals surface area contributed by atoms with Crippen LogP contribution in [0.3, 0.4) is 0 Å². The van der Waals surface area contributed by atoms with Gasteiger partial charge in [-0.2, -0.15) is 0 Å². The maximum Gasteiger partial charge on any atom is 0.255 e. The van der Waals surface area contributed by atoms with E-state index in [1.165, 1.54) is 5.56 Å². The molecular weight excluding hydrogens is 312 g/mol. The zero-order valence-corrected chi connectivity index (χ0v) is 13.9. The molecule has 2 aromatic carbocycles. The topological polar surface area (TPSA) is 53.2 Å². The quantitative estimate of drug-likeness (QED) is 0.780. The summed E-state index contributed by atoms with van der Waals surface area (Å²) in [6, 6.07) is 17.2. The molecule has 1 aromatic heterocycles. The molecule has 4 rings (SSSR count). The van der Waals surface area contributed by atoms with Gasteiger partial charge in [-0.1, -0.05) is 36.4 Å². The minimum absolute atomic E-state index is 0.0453. The van der Waals surface area contributed by atoms with E-state index < -0.39 is 0 Å². The van der Waals surface area contributed by atoms with Crippen molar-refractivity contribution in [2.45, 2.75) is 18.8 Å². The van der Waals surface area contributed by atoms with Crippen molar-refractivity contribution in [3.8, 4) is 0 Å². The molecule has 1 aliphatic heterocycles. The highest BCUT2D eigenvalue weighted by molar-refractivity contribution is 5.94. The first-order chi connectivity index (χ1) is 12.2. The molecule has 3 aromatic rings. The second-order valence-corrected chi connectivity index (χ2v) is 6.55. The summed E-state index contributed by atoms with van der Waals surface area (Å²) in [6.45, 7) is 1.48. The summed E-state index contributed by atoms with van der Waals surface area (Å²) in [5.41, 5.74) is 1.88. The average molecular weight is 332 g/mol. The Morgan fingerprint density at radius 2 is 1.56 bits per heavy atom. The largest absolute Gasteiger partial charge is 0.339 e. The lowest BCUT2D eigenvalue weighted by Gasteiger charge is -2.32. The number of piperidine rings is 1. The smallest absolute Gasteiger partial charge is 0.255 e. The molecule has 0 spiro atoms. The number of benzene rings is 2. The number of amides is 1. The summed E-state index contributed by atoms with van der Waals surface area (Å²) < 4.78 is 0. The predicted octanol–water partition coefficient (Wildman–Crippen LogP) is 3.55. The minimum Gasteiger partial charge on any atom is -0.339 e. The third-order valence-corrected chi connectivity index (χ3v) is 5.08. The van der Waals surface area contributed by atoms with Crippen molar-refractivity contribution in [1.82, 2.24) is 9.88 Å².